The van der Waals surface area contributed by atoms with E-state index in [0.29, 0.717) is 21.9 Å². The van der Waals surface area contributed by atoms with Gasteiger partial charge in [-0.1, -0.05) is 11.6 Å². The molecule has 1 atom stereocenters. The van der Waals surface area contributed by atoms with Gasteiger partial charge in [0, 0.05) is 18.1 Å². The van der Waals surface area contributed by atoms with Crippen molar-refractivity contribution in [3.63, 3.8) is 0 Å². The first-order valence-corrected chi connectivity index (χ1v) is 7.56. The molecule has 1 aliphatic heterocycles. The number of H-pyrrole nitrogens is 1. The Hall–Kier alpha value is -2.05. The third kappa shape index (κ3) is 2.48. The van der Waals surface area contributed by atoms with Gasteiger partial charge in [-0.25, -0.2) is 0 Å². The zero-order chi connectivity index (χ0) is 16.7. The summed E-state index contributed by atoms with van der Waals surface area (Å²) in [6, 6.07) is 3.25. The fourth-order valence-electron chi connectivity index (χ4n) is 3.13. The maximum absolute atomic E-state index is 12.4. The molecule has 1 amide bonds. The second kappa shape index (κ2) is 5.86. The van der Waals surface area contributed by atoms with Crippen molar-refractivity contribution < 1.29 is 14.3 Å². The number of aromatic nitrogens is 1. The summed E-state index contributed by atoms with van der Waals surface area (Å²) in [6.07, 6.45) is 0. The number of amides is 1. The minimum Gasteiger partial charge on any atom is -0.495 e. The summed E-state index contributed by atoms with van der Waals surface area (Å²) in [4.78, 5) is 29.0. The SMILES string of the molecule is COCC(=O)N1Cc2c(c3cc(OC)c(Cl)cc3[nH]c2=O)[C@@H]1C. The predicted molar refractivity (Wildman–Crippen MR) is 87.0 cm³/mol. The van der Waals surface area contributed by atoms with E-state index in [0.717, 1.165) is 10.9 Å². The van der Waals surface area contributed by atoms with Crippen LogP contribution < -0.4 is 10.3 Å². The Morgan fingerprint density at radius 3 is 2.83 bits per heavy atom. The molecule has 1 N–H and O–H groups in total. The summed E-state index contributed by atoms with van der Waals surface area (Å²) in [5.74, 6) is 0.381. The molecule has 122 valence electrons. The lowest BCUT2D eigenvalue weighted by molar-refractivity contribution is -0.137. The number of carbonyl (C=O) groups is 1. The van der Waals surface area contributed by atoms with E-state index >= 15 is 0 Å². The largest absolute Gasteiger partial charge is 0.495 e. The molecule has 0 fully saturated rings. The molecule has 23 heavy (non-hydrogen) atoms. The Bertz CT molecular complexity index is 846. The molecule has 1 aromatic carbocycles. The molecule has 0 radical (unpaired) electrons. The Kier molecular flexibility index (Phi) is 4.04. The van der Waals surface area contributed by atoms with Gasteiger partial charge in [-0.15, -0.1) is 0 Å². The number of carbonyl (C=O) groups excluding carboxylic acids is 1. The highest BCUT2D eigenvalue weighted by molar-refractivity contribution is 6.32. The molecule has 0 spiro atoms. The summed E-state index contributed by atoms with van der Waals surface area (Å²) >= 11 is 6.14. The van der Waals surface area contributed by atoms with Crippen LogP contribution in [0.25, 0.3) is 10.9 Å². The molecule has 0 unspecified atom stereocenters. The number of hydrogen-bond donors (Lipinski definition) is 1. The molecule has 1 aromatic heterocycles. The third-order valence-electron chi connectivity index (χ3n) is 4.23. The Balaban J connectivity index is 2.20. The van der Waals surface area contributed by atoms with E-state index in [1.807, 2.05) is 6.92 Å². The van der Waals surface area contributed by atoms with Crippen LogP contribution in [0.3, 0.4) is 0 Å². The quantitative estimate of drug-likeness (QED) is 0.933. The highest BCUT2D eigenvalue weighted by Gasteiger charge is 2.34. The summed E-state index contributed by atoms with van der Waals surface area (Å²) in [5, 5.41) is 1.26. The number of nitrogens with one attached hydrogen (secondary N) is 1. The molecule has 6 nitrogen and oxygen atoms in total. The van der Waals surface area contributed by atoms with Gasteiger partial charge in [-0.2, -0.15) is 0 Å². The van der Waals surface area contributed by atoms with E-state index in [-0.39, 0.29) is 30.7 Å². The van der Waals surface area contributed by atoms with Crippen LogP contribution in [0.1, 0.15) is 24.1 Å². The van der Waals surface area contributed by atoms with Gasteiger partial charge in [0.2, 0.25) is 5.91 Å². The molecular formula is C16H17ClN2O4. The first-order chi connectivity index (χ1) is 11.0. The molecule has 3 rings (SSSR count). The van der Waals surface area contributed by atoms with Gasteiger partial charge in [0.15, 0.2) is 0 Å². The van der Waals surface area contributed by atoms with Gasteiger partial charge in [0.05, 0.1) is 30.2 Å². The van der Waals surface area contributed by atoms with Crippen LogP contribution in [0.15, 0.2) is 16.9 Å². The second-order valence-corrected chi connectivity index (χ2v) is 5.92. The lowest BCUT2D eigenvalue weighted by Gasteiger charge is -2.22. The van der Waals surface area contributed by atoms with E-state index in [1.54, 1.807) is 17.0 Å². The van der Waals surface area contributed by atoms with Gasteiger partial charge >= 0.3 is 0 Å². The van der Waals surface area contributed by atoms with Crippen molar-refractivity contribution in [3.8, 4) is 5.75 Å². The number of pyridine rings is 1. The highest BCUT2D eigenvalue weighted by Crippen LogP contribution is 2.39. The van der Waals surface area contributed by atoms with Gasteiger partial charge < -0.3 is 19.4 Å². The second-order valence-electron chi connectivity index (χ2n) is 5.51. The number of fused-ring (bicyclic) bond motifs is 3. The zero-order valence-corrected chi connectivity index (χ0v) is 13.9. The van der Waals surface area contributed by atoms with E-state index in [2.05, 4.69) is 4.98 Å². The van der Waals surface area contributed by atoms with Gasteiger partial charge in [-0.3, -0.25) is 9.59 Å². The lowest BCUT2D eigenvalue weighted by atomic mass is 10.0. The number of methoxy groups -OCH3 is 2. The topological polar surface area (TPSA) is 71.6 Å². The van der Waals surface area contributed by atoms with Crippen molar-refractivity contribution in [2.45, 2.75) is 19.5 Å². The monoisotopic (exact) mass is 336 g/mol. The van der Waals surface area contributed by atoms with Gasteiger partial charge in [-0.05, 0) is 24.6 Å². The van der Waals surface area contributed by atoms with Crippen molar-refractivity contribution in [1.29, 1.82) is 0 Å². The van der Waals surface area contributed by atoms with Crippen LogP contribution in [0.2, 0.25) is 5.02 Å². The first kappa shape index (κ1) is 15.8. The summed E-state index contributed by atoms with van der Waals surface area (Å²) < 4.78 is 10.2. The average Bonchev–Trinajstić information content (AvgIpc) is 2.86. The fraction of sp³-hybridized carbons (Fsp3) is 0.375. The third-order valence-corrected chi connectivity index (χ3v) is 4.53. The van der Waals surface area contributed by atoms with Crippen molar-refractivity contribution in [2.24, 2.45) is 0 Å². The van der Waals surface area contributed by atoms with Gasteiger partial charge in [0.25, 0.3) is 5.56 Å². The number of nitrogens with zero attached hydrogens (tertiary/aromatic N) is 1. The lowest BCUT2D eigenvalue weighted by Crippen LogP contribution is -2.31. The van der Waals surface area contributed by atoms with Gasteiger partial charge in [0.1, 0.15) is 12.4 Å². The maximum Gasteiger partial charge on any atom is 0.253 e. The van der Waals surface area contributed by atoms with Crippen molar-refractivity contribution in [1.82, 2.24) is 9.88 Å². The molecule has 0 aliphatic carbocycles. The smallest absolute Gasteiger partial charge is 0.253 e. The van der Waals surface area contributed by atoms with E-state index in [4.69, 9.17) is 21.1 Å². The standard InChI is InChI=1S/C16H17ClN2O4/c1-8-15-9-4-13(23-3)11(17)5-12(9)18-16(21)10(15)6-19(8)14(20)7-22-2/h4-5,8H,6-7H2,1-3H3,(H,18,21)/t8-/m0/s1. The molecule has 7 heteroatoms. The fourth-order valence-corrected chi connectivity index (χ4v) is 3.37. The minimum absolute atomic E-state index is 0.0106. The first-order valence-electron chi connectivity index (χ1n) is 7.18. The molecular weight excluding hydrogens is 320 g/mol. The molecule has 2 aromatic rings. The number of ether oxygens (including phenoxy) is 2. The maximum atomic E-state index is 12.4. The normalized spacial score (nSPS) is 16.7. The average molecular weight is 337 g/mol. The number of hydrogen-bond acceptors (Lipinski definition) is 4. The number of benzene rings is 1. The minimum atomic E-state index is -0.219. The van der Waals surface area contributed by atoms with Crippen LogP contribution in [-0.4, -0.2) is 36.6 Å². The van der Waals surface area contributed by atoms with E-state index in [9.17, 15) is 9.59 Å². The Labute approximate surface area is 137 Å². The van der Waals surface area contributed by atoms with Crippen LogP contribution in [-0.2, 0) is 16.1 Å². The Morgan fingerprint density at radius 1 is 1.43 bits per heavy atom. The molecule has 0 saturated carbocycles. The molecule has 2 heterocycles. The Morgan fingerprint density at radius 2 is 2.17 bits per heavy atom. The summed E-state index contributed by atoms with van der Waals surface area (Å²) in [7, 11) is 3.01. The predicted octanol–water partition coefficient (Wildman–Crippen LogP) is 2.24. The number of rotatable bonds is 3. The van der Waals surface area contributed by atoms with Crippen molar-refractivity contribution in [2.75, 3.05) is 20.8 Å². The van der Waals surface area contributed by atoms with Crippen molar-refractivity contribution in [3.05, 3.63) is 38.6 Å². The van der Waals surface area contributed by atoms with Crippen LogP contribution in [0.5, 0.6) is 5.75 Å². The van der Waals surface area contributed by atoms with Crippen LogP contribution in [0.4, 0.5) is 0 Å². The highest BCUT2D eigenvalue weighted by atomic mass is 35.5. The van der Waals surface area contributed by atoms with Crippen molar-refractivity contribution >= 4 is 28.4 Å². The molecule has 1 aliphatic rings. The van der Waals surface area contributed by atoms with E-state index < -0.39 is 0 Å². The van der Waals surface area contributed by atoms with E-state index in [1.165, 1.54) is 14.2 Å². The number of halogens is 1. The molecule has 0 saturated heterocycles. The molecule has 0 bridgehead atoms. The summed E-state index contributed by atoms with van der Waals surface area (Å²) in [6.45, 7) is 2.16. The summed E-state index contributed by atoms with van der Waals surface area (Å²) in [5.41, 5.74) is 1.86. The van der Waals surface area contributed by atoms with Crippen LogP contribution in [0, 0.1) is 0 Å². The zero-order valence-electron chi connectivity index (χ0n) is 13.1. The van der Waals surface area contributed by atoms with Crippen LogP contribution >= 0.6 is 11.6 Å². The number of aromatic amines is 1.